The maximum absolute atomic E-state index is 12.6. The Balaban J connectivity index is 1.39. The molecule has 2 amide bonds. The SMILES string of the molecule is O=C(NCc1ccc(Cl)cc1)N1CCc2cnc(N3CCOCC3)nc2C1. The Bertz CT molecular complexity index is 808. The zero-order chi connectivity index (χ0) is 18.6. The van der Waals surface area contributed by atoms with Gasteiger partial charge in [0.1, 0.15) is 0 Å². The van der Waals surface area contributed by atoms with E-state index in [4.69, 9.17) is 21.3 Å². The molecule has 2 aliphatic rings. The predicted octanol–water partition coefficient (Wildman–Crippen LogP) is 2.23. The summed E-state index contributed by atoms with van der Waals surface area (Å²) in [6.07, 6.45) is 2.67. The lowest BCUT2D eigenvalue weighted by Gasteiger charge is -2.30. The minimum atomic E-state index is -0.0814. The Labute approximate surface area is 163 Å². The summed E-state index contributed by atoms with van der Waals surface area (Å²) in [4.78, 5) is 25.7. The highest BCUT2D eigenvalue weighted by Gasteiger charge is 2.23. The number of fused-ring (bicyclic) bond motifs is 1. The van der Waals surface area contributed by atoms with Crippen LogP contribution < -0.4 is 10.2 Å². The second-order valence-electron chi connectivity index (χ2n) is 6.70. The summed E-state index contributed by atoms with van der Waals surface area (Å²) < 4.78 is 5.39. The van der Waals surface area contributed by atoms with E-state index < -0.39 is 0 Å². The Kier molecular flexibility index (Phi) is 5.40. The molecule has 1 fully saturated rings. The smallest absolute Gasteiger partial charge is 0.318 e. The number of amides is 2. The fraction of sp³-hybridized carbons (Fsp3) is 0.421. The summed E-state index contributed by atoms with van der Waals surface area (Å²) in [7, 11) is 0. The van der Waals surface area contributed by atoms with Gasteiger partial charge in [0.2, 0.25) is 5.95 Å². The number of rotatable bonds is 3. The molecule has 3 heterocycles. The van der Waals surface area contributed by atoms with Crippen LogP contribution in [0.2, 0.25) is 5.02 Å². The Morgan fingerprint density at radius 2 is 1.96 bits per heavy atom. The molecule has 0 aliphatic carbocycles. The lowest BCUT2D eigenvalue weighted by atomic mass is 10.1. The molecule has 1 aromatic heterocycles. The van der Waals surface area contributed by atoms with Crippen molar-refractivity contribution < 1.29 is 9.53 Å². The van der Waals surface area contributed by atoms with Crippen LogP contribution in [0.1, 0.15) is 16.8 Å². The molecular formula is C19H22ClN5O2. The number of carbonyl (C=O) groups is 1. The molecule has 1 N–H and O–H groups in total. The van der Waals surface area contributed by atoms with Gasteiger partial charge in [0.15, 0.2) is 0 Å². The molecule has 0 atom stereocenters. The maximum atomic E-state index is 12.6. The predicted molar refractivity (Wildman–Crippen MR) is 103 cm³/mol. The van der Waals surface area contributed by atoms with Gasteiger partial charge in [0, 0.05) is 37.4 Å². The van der Waals surface area contributed by atoms with Crippen molar-refractivity contribution >= 4 is 23.6 Å². The van der Waals surface area contributed by atoms with Gasteiger partial charge < -0.3 is 19.9 Å². The van der Waals surface area contributed by atoms with Gasteiger partial charge in [-0.05, 0) is 29.7 Å². The van der Waals surface area contributed by atoms with Crippen LogP contribution in [0.4, 0.5) is 10.7 Å². The van der Waals surface area contributed by atoms with Gasteiger partial charge in [0.25, 0.3) is 0 Å². The first-order valence-corrected chi connectivity index (χ1v) is 9.51. The van der Waals surface area contributed by atoms with Gasteiger partial charge >= 0.3 is 6.03 Å². The molecule has 0 radical (unpaired) electrons. The minimum Gasteiger partial charge on any atom is -0.378 e. The number of carbonyl (C=O) groups excluding carboxylic acids is 1. The first-order valence-electron chi connectivity index (χ1n) is 9.14. The highest BCUT2D eigenvalue weighted by Crippen LogP contribution is 2.20. The summed E-state index contributed by atoms with van der Waals surface area (Å²) in [5, 5.41) is 3.66. The van der Waals surface area contributed by atoms with Crippen molar-refractivity contribution in [1.29, 1.82) is 0 Å². The molecule has 27 heavy (non-hydrogen) atoms. The second kappa shape index (κ2) is 8.10. The molecule has 0 unspecified atom stereocenters. The molecule has 7 nitrogen and oxygen atoms in total. The van der Waals surface area contributed by atoms with Gasteiger partial charge in [-0.1, -0.05) is 23.7 Å². The fourth-order valence-corrected chi connectivity index (χ4v) is 3.40. The molecule has 0 bridgehead atoms. The molecule has 4 rings (SSSR count). The summed E-state index contributed by atoms with van der Waals surface area (Å²) in [5.41, 5.74) is 3.07. The standard InChI is InChI=1S/C19H22ClN5O2/c20-16-3-1-14(2-4-16)11-22-19(26)25-6-5-15-12-21-18(23-17(15)13-25)24-7-9-27-10-8-24/h1-4,12H,5-11,13H2,(H,22,26). The third kappa shape index (κ3) is 4.31. The Morgan fingerprint density at radius 1 is 1.19 bits per heavy atom. The maximum Gasteiger partial charge on any atom is 0.318 e. The molecule has 1 saturated heterocycles. The normalized spacial score (nSPS) is 16.8. The number of nitrogens with zero attached hydrogens (tertiary/aromatic N) is 4. The van der Waals surface area contributed by atoms with Crippen LogP contribution >= 0.6 is 11.6 Å². The van der Waals surface area contributed by atoms with Crippen LogP contribution in [0, 0.1) is 0 Å². The number of hydrogen-bond acceptors (Lipinski definition) is 5. The summed E-state index contributed by atoms with van der Waals surface area (Å²) in [6.45, 7) is 4.62. The number of halogens is 1. The van der Waals surface area contributed by atoms with Crippen molar-refractivity contribution in [1.82, 2.24) is 20.2 Å². The van der Waals surface area contributed by atoms with Gasteiger partial charge in [-0.3, -0.25) is 0 Å². The number of urea groups is 1. The number of anilines is 1. The van der Waals surface area contributed by atoms with Crippen molar-refractivity contribution in [3.05, 3.63) is 52.3 Å². The van der Waals surface area contributed by atoms with Crippen LogP contribution in [0.3, 0.4) is 0 Å². The Morgan fingerprint density at radius 3 is 2.74 bits per heavy atom. The van der Waals surface area contributed by atoms with Crippen molar-refractivity contribution in [2.24, 2.45) is 0 Å². The largest absolute Gasteiger partial charge is 0.378 e. The average Bonchev–Trinajstić information content (AvgIpc) is 2.73. The zero-order valence-corrected chi connectivity index (χ0v) is 15.8. The zero-order valence-electron chi connectivity index (χ0n) is 15.0. The van der Waals surface area contributed by atoms with E-state index >= 15 is 0 Å². The first-order chi connectivity index (χ1) is 13.2. The van der Waals surface area contributed by atoms with Gasteiger partial charge in [0.05, 0.1) is 25.5 Å². The minimum absolute atomic E-state index is 0.0814. The summed E-state index contributed by atoms with van der Waals surface area (Å²) in [6, 6.07) is 7.39. The molecule has 8 heteroatoms. The van der Waals surface area contributed by atoms with E-state index in [0.717, 1.165) is 42.3 Å². The van der Waals surface area contributed by atoms with Crippen molar-refractivity contribution in [3.63, 3.8) is 0 Å². The van der Waals surface area contributed by atoms with Gasteiger partial charge in [-0.25, -0.2) is 14.8 Å². The third-order valence-electron chi connectivity index (χ3n) is 4.87. The number of hydrogen-bond donors (Lipinski definition) is 1. The van der Waals surface area contributed by atoms with E-state index in [9.17, 15) is 4.79 Å². The molecule has 1 aromatic carbocycles. The number of aromatic nitrogens is 2. The van der Waals surface area contributed by atoms with Gasteiger partial charge in [-0.15, -0.1) is 0 Å². The van der Waals surface area contributed by atoms with E-state index in [0.29, 0.717) is 37.9 Å². The quantitative estimate of drug-likeness (QED) is 0.874. The van der Waals surface area contributed by atoms with Crippen LogP contribution in [-0.4, -0.2) is 53.7 Å². The van der Waals surface area contributed by atoms with Crippen molar-refractivity contribution in [2.75, 3.05) is 37.7 Å². The average molecular weight is 388 g/mol. The first kappa shape index (κ1) is 18.0. The Hall–Kier alpha value is -2.38. The van der Waals surface area contributed by atoms with Crippen molar-refractivity contribution in [2.45, 2.75) is 19.5 Å². The third-order valence-corrected chi connectivity index (χ3v) is 5.12. The van der Waals surface area contributed by atoms with Crippen LogP contribution in [-0.2, 0) is 24.2 Å². The molecule has 0 saturated carbocycles. The highest BCUT2D eigenvalue weighted by atomic mass is 35.5. The number of benzene rings is 1. The number of nitrogens with one attached hydrogen (secondary N) is 1. The molecular weight excluding hydrogens is 366 g/mol. The topological polar surface area (TPSA) is 70.6 Å². The molecule has 2 aromatic rings. The molecule has 142 valence electrons. The van der Waals surface area contributed by atoms with E-state index in [2.05, 4.69) is 15.2 Å². The lowest BCUT2D eigenvalue weighted by molar-refractivity contribution is 0.122. The highest BCUT2D eigenvalue weighted by molar-refractivity contribution is 6.30. The second-order valence-corrected chi connectivity index (χ2v) is 7.13. The monoisotopic (exact) mass is 387 g/mol. The van der Waals surface area contributed by atoms with Crippen molar-refractivity contribution in [3.8, 4) is 0 Å². The molecule has 0 spiro atoms. The van der Waals surface area contributed by atoms with E-state index in [1.807, 2.05) is 30.5 Å². The lowest BCUT2D eigenvalue weighted by Crippen LogP contribution is -2.43. The number of ether oxygens (including phenoxy) is 1. The molecule has 2 aliphatic heterocycles. The summed E-state index contributed by atoms with van der Waals surface area (Å²) in [5.74, 6) is 0.723. The number of morpholine rings is 1. The van der Waals surface area contributed by atoms with E-state index in [1.54, 1.807) is 4.90 Å². The van der Waals surface area contributed by atoms with Crippen LogP contribution in [0.15, 0.2) is 30.5 Å². The van der Waals surface area contributed by atoms with Crippen LogP contribution in [0.25, 0.3) is 0 Å². The van der Waals surface area contributed by atoms with Gasteiger partial charge in [-0.2, -0.15) is 0 Å². The summed E-state index contributed by atoms with van der Waals surface area (Å²) >= 11 is 5.89. The van der Waals surface area contributed by atoms with E-state index in [-0.39, 0.29) is 6.03 Å². The fourth-order valence-electron chi connectivity index (χ4n) is 3.27. The van der Waals surface area contributed by atoms with Crippen LogP contribution in [0.5, 0.6) is 0 Å². The van der Waals surface area contributed by atoms with E-state index in [1.165, 1.54) is 0 Å².